The van der Waals surface area contributed by atoms with Crippen LogP contribution >= 0.6 is 0 Å². The molecule has 0 aromatic carbocycles. The van der Waals surface area contributed by atoms with Gasteiger partial charge in [-0.25, -0.2) is 9.59 Å². The predicted molar refractivity (Wildman–Crippen MR) is 76.8 cm³/mol. The Hall–Kier alpha value is -2.24. The first-order valence-electron chi connectivity index (χ1n) is 6.78. The second-order valence-corrected chi connectivity index (χ2v) is 4.41. The van der Waals surface area contributed by atoms with Gasteiger partial charge in [0.2, 0.25) is 0 Å². The average molecular weight is 295 g/mol. The average Bonchev–Trinajstić information content (AvgIpc) is 2.95. The molecule has 116 valence electrons. The first-order chi connectivity index (χ1) is 10.1. The van der Waals surface area contributed by atoms with Crippen LogP contribution in [0, 0.1) is 0 Å². The Balaban J connectivity index is 2.62. The highest BCUT2D eigenvalue weighted by molar-refractivity contribution is 5.82. The summed E-state index contributed by atoms with van der Waals surface area (Å²) < 4.78 is 14.8. The minimum Gasteiger partial charge on any atom is -0.469 e. The van der Waals surface area contributed by atoms with Crippen molar-refractivity contribution in [1.29, 1.82) is 0 Å². The van der Waals surface area contributed by atoms with Crippen LogP contribution in [0.4, 0.5) is 4.79 Å². The van der Waals surface area contributed by atoms with Crippen molar-refractivity contribution in [2.75, 3.05) is 20.3 Å². The molecule has 0 aliphatic heterocycles. The Bertz CT molecular complexity index is 466. The van der Waals surface area contributed by atoms with E-state index in [2.05, 4.69) is 0 Å². The molecule has 0 radical (unpaired) electrons. The zero-order valence-electron chi connectivity index (χ0n) is 12.6. The zero-order valence-corrected chi connectivity index (χ0v) is 12.6. The minimum absolute atomic E-state index is 0.129. The van der Waals surface area contributed by atoms with E-state index in [1.54, 1.807) is 25.3 Å². The molecule has 1 aromatic heterocycles. The van der Waals surface area contributed by atoms with Gasteiger partial charge in [0.15, 0.2) is 0 Å². The maximum absolute atomic E-state index is 11.8. The Labute approximate surface area is 124 Å². The molecule has 0 saturated carbocycles. The second kappa shape index (κ2) is 8.84. The summed E-state index contributed by atoms with van der Waals surface area (Å²) in [4.78, 5) is 24.5. The van der Waals surface area contributed by atoms with E-state index in [1.807, 2.05) is 13.0 Å². The Morgan fingerprint density at radius 2 is 2.24 bits per heavy atom. The summed E-state index contributed by atoms with van der Waals surface area (Å²) in [6.07, 6.45) is 4.58. The van der Waals surface area contributed by atoms with Crippen LogP contribution in [-0.4, -0.2) is 43.3 Å². The summed E-state index contributed by atoms with van der Waals surface area (Å²) in [5, 5.41) is 0. The fourth-order valence-corrected chi connectivity index (χ4v) is 1.83. The third-order valence-electron chi connectivity index (χ3n) is 2.86. The molecular formula is C15H21NO5. The van der Waals surface area contributed by atoms with Crippen LogP contribution in [0.5, 0.6) is 0 Å². The lowest BCUT2D eigenvalue weighted by molar-refractivity contribution is -0.137. The molecule has 0 N–H and O–H groups in total. The van der Waals surface area contributed by atoms with Gasteiger partial charge in [-0.3, -0.25) is 0 Å². The van der Waals surface area contributed by atoms with E-state index in [0.29, 0.717) is 13.0 Å². The van der Waals surface area contributed by atoms with Crippen molar-refractivity contribution < 1.29 is 23.5 Å². The third kappa shape index (κ3) is 5.72. The number of hydrogen-bond donors (Lipinski definition) is 0. The van der Waals surface area contributed by atoms with Crippen molar-refractivity contribution >= 4 is 12.1 Å². The summed E-state index contributed by atoms with van der Waals surface area (Å²) in [5.41, 5.74) is 0. The summed E-state index contributed by atoms with van der Waals surface area (Å²) in [5.74, 6) is 0.353. The zero-order chi connectivity index (χ0) is 15.7. The number of carbonyl (C=O) groups excluding carboxylic acids is 2. The van der Waals surface area contributed by atoms with Crippen molar-refractivity contribution in [1.82, 2.24) is 4.90 Å². The van der Waals surface area contributed by atoms with E-state index < -0.39 is 12.1 Å². The number of hydrogen-bond acceptors (Lipinski definition) is 5. The number of nitrogens with zero attached hydrogens (tertiary/aromatic N) is 1. The van der Waals surface area contributed by atoms with Gasteiger partial charge in [0.1, 0.15) is 5.76 Å². The fraction of sp³-hybridized carbons (Fsp3) is 0.467. The molecule has 0 saturated heterocycles. The number of carbonyl (C=O) groups is 2. The number of rotatable bonds is 7. The smallest absolute Gasteiger partial charge is 0.410 e. The van der Waals surface area contributed by atoms with Crippen molar-refractivity contribution in [2.45, 2.75) is 26.3 Å². The normalized spacial score (nSPS) is 12.1. The molecule has 0 fully saturated rings. The fourth-order valence-electron chi connectivity index (χ4n) is 1.83. The lowest BCUT2D eigenvalue weighted by Crippen LogP contribution is -2.40. The van der Waals surface area contributed by atoms with E-state index in [4.69, 9.17) is 13.9 Å². The summed E-state index contributed by atoms with van der Waals surface area (Å²) in [6.45, 7) is 4.20. The largest absolute Gasteiger partial charge is 0.469 e. The Morgan fingerprint density at radius 3 is 2.81 bits per heavy atom. The molecule has 0 aliphatic rings. The molecule has 0 spiro atoms. The highest BCUT2D eigenvalue weighted by atomic mass is 16.5. The molecule has 6 nitrogen and oxygen atoms in total. The van der Waals surface area contributed by atoms with Gasteiger partial charge < -0.3 is 18.8 Å². The van der Waals surface area contributed by atoms with Crippen molar-refractivity contribution in [3.05, 3.63) is 36.3 Å². The van der Waals surface area contributed by atoms with E-state index >= 15 is 0 Å². The molecule has 0 aliphatic carbocycles. The predicted octanol–water partition coefficient (Wildman–Crippen LogP) is 2.40. The first kappa shape index (κ1) is 16.8. The number of methoxy groups -OCH3 is 1. The monoisotopic (exact) mass is 295 g/mol. The molecule has 1 rings (SSSR count). The van der Waals surface area contributed by atoms with Gasteiger partial charge in [0, 0.05) is 25.1 Å². The van der Waals surface area contributed by atoms with Crippen LogP contribution in [0.25, 0.3) is 0 Å². The maximum Gasteiger partial charge on any atom is 0.410 e. The Morgan fingerprint density at radius 1 is 1.48 bits per heavy atom. The van der Waals surface area contributed by atoms with Gasteiger partial charge in [0.05, 0.1) is 20.0 Å². The number of amides is 1. The summed E-state index contributed by atoms with van der Waals surface area (Å²) >= 11 is 0. The lowest BCUT2D eigenvalue weighted by Gasteiger charge is -2.26. The molecule has 1 aromatic rings. The summed E-state index contributed by atoms with van der Waals surface area (Å²) in [6, 6.07) is 3.52. The topological polar surface area (TPSA) is 69.0 Å². The van der Waals surface area contributed by atoms with Crippen molar-refractivity contribution in [3.8, 4) is 0 Å². The maximum atomic E-state index is 11.8. The van der Waals surface area contributed by atoms with Crippen LogP contribution in [0.2, 0.25) is 0 Å². The van der Waals surface area contributed by atoms with E-state index in [0.717, 1.165) is 5.76 Å². The van der Waals surface area contributed by atoms with Gasteiger partial charge >= 0.3 is 12.1 Å². The molecule has 1 amide bonds. The van der Waals surface area contributed by atoms with E-state index in [9.17, 15) is 9.59 Å². The SMILES string of the molecule is CCOC(=O)/C=C/CN(C(=O)OC)C(C)Cc1ccco1. The van der Waals surface area contributed by atoms with Crippen molar-refractivity contribution in [3.63, 3.8) is 0 Å². The highest BCUT2D eigenvalue weighted by Crippen LogP contribution is 2.10. The number of ether oxygens (including phenoxy) is 2. The van der Waals surface area contributed by atoms with Crippen molar-refractivity contribution in [2.24, 2.45) is 0 Å². The quantitative estimate of drug-likeness (QED) is 0.570. The molecule has 1 unspecified atom stereocenters. The molecule has 1 heterocycles. The van der Waals surface area contributed by atoms with Gasteiger partial charge in [-0.2, -0.15) is 0 Å². The van der Waals surface area contributed by atoms with E-state index in [1.165, 1.54) is 18.1 Å². The lowest BCUT2D eigenvalue weighted by atomic mass is 10.1. The van der Waals surface area contributed by atoms with Crippen LogP contribution in [-0.2, 0) is 20.7 Å². The first-order valence-corrected chi connectivity index (χ1v) is 6.78. The molecule has 0 bridgehead atoms. The molecule has 6 heteroatoms. The van der Waals surface area contributed by atoms with Crippen LogP contribution in [0.1, 0.15) is 19.6 Å². The second-order valence-electron chi connectivity index (χ2n) is 4.41. The summed E-state index contributed by atoms with van der Waals surface area (Å²) in [7, 11) is 1.32. The molecule has 1 atom stereocenters. The standard InChI is InChI=1S/C15H21NO5/c1-4-20-14(17)8-5-9-16(15(18)19-3)12(2)11-13-7-6-10-21-13/h5-8,10,12H,4,9,11H2,1-3H3/b8-5+. The number of furan rings is 1. The van der Waals surface area contributed by atoms with Gasteiger partial charge in [0.25, 0.3) is 0 Å². The van der Waals surface area contributed by atoms with E-state index in [-0.39, 0.29) is 12.6 Å². The minimum atomic E-state index is -0.456. The number of esters is 1. The van der Waals surface area contributed by atoms with Crippen LogP contribution in [0.15, 0.2) is 35.0 Å². The van der Waals surface area contributed by atoms with Crippen LogP contribution in [0.3, 0.4) is 0 Å². The van der Waals surface area contributed by atoms with Gasteiger partial charge in [-0.15, -0.1) is 0 Å². The third-order valence-corrected chi connectivity index (χ3v) is 2.86. The molecular weight excluding hydrogens is 274 g/mol. The van der Waals surface area contributed by atoms with Crippen LogP contribution < -0.4 is 0 Å². The molecule has 21 heavy (non-hydrogen) atoms. The van der Waals surface area contributed by atoms with Gasteiger partial charge in [-0.1, -0.05) is 6.08 Å². The Kier molecular flexibility index (Phi) is 7.08. The highest BCUT2D eigenvalue weighted by Gasteiger charge is 2.20. The van der Waals surface area contributed by atoms with Gasteiger partial charge in [-0.05, 0) is 26.0 Å².